The highest BCUT2D eigenvalue weighted by Gasteiger charge is 2.34. The molecule has 0 saturated carbocycles. The van der Waals surface area contributed by atoms with E-state index in [0.717, 1.165) is 5.56 Å². The number of aromatic nitrogens is 1. The first-order valence-corrected chi connectivity index (χ1v) is 10.3. The number of hydrogen-bond donors (Lipinski definition) is 0. The van der Waals surface area contributed by atoms with Crippen molar-refractivity contribution >= 4 is 23.4 Å². The number of allylic oxidation sites excluding steroid dienone is 1. The Labute approximate surface area is 176 Å². The van der Waals surface area contributed by atoms with Crippen molar-refractivity contribution in [2.75, 3.05) is 6.61 Å². The van der Waals surface area contributed by atoms with E-state index in [0.29, 0.717) is 15.0 Å². The Morgan fingerprint density at radius 2 is 1.90 bits per heavy atom. The smallest absolute Gasteiger partial charge is 0.338 e. The highest BCUT2D eigenvalue weighted by atomic mass is 32.1. The van der Waals surface area contributed by atoms with Crippen LogP contribution in [0.3, 0.4) is 0 Å². The highest BCUT2D eigenvalue weighted by molar-refractivity contribution is 7.07. The molecule has 0 N–H and O–H groups in total. The Morgan fingerprint density at radius 1 is 1.20 bits per heavy atom. The van der Waals surface area contributed by atoms with Crippen LogP contribution in [-0.4, -0.2) is 17.1 Å². The number of carbonyl (C=O) groups excluding carboxylic acids is 1. The summed E-state index contributed by atoms with van der Waals surface area (Å²) in [6.07, 6.45) is 1.77. The van der Waals surface area contributed by atoms with Gasteiger partial charge in [-0.2, -0.15) is 0 Å². The second-order valence-corrected chi connectivity index (χ2v) is 7.74. The summed E-state index contributed by atoms with van der Waals surface area (Å²) in [5.41, 5.74) is 1.34. The van der Waals surface area contributed by atoms with Gasteiger partial charge in [-0.15, -0.1) is 0 Å². The molecule has 3 aromatic rings. The molecular weight excluding hydrogens is 403 g/mol. The Balaban J connectivity index is 1.99. The second-order valence-electron chi connectivity index (χ2n) is 6.73. The molecule has 0 spiro atoms. The van der Waals surface area contributed by atoms with Crippen LogP contribution in [0.5, 0.6) is 0 Å². The molecule has 30 heavy (non-hydrogen) atoms. The minimum Gasteiger partial charge on any atom is -0.463 e. The average Bonchev–Trinajstić information content (AvgIpc) is 3.03. The lowest BCUT2D eigenvalue weighted by Gasteiger charge is -2.24. The van der Waals surface area contributed by atoms with Crippen molar-refractivity contribution in [3.05, 3.63) is 102 Å². The summed E-state index contributed by atoms with van der Waals surface area (Å²) in [6.45, 7) is 3.54. The predicted octanol–water partition coefficient (Wildman–Crippen LogP) is 2.94. The van der Waals surface area contributed by atoms with Crippen LogP contribution < -0.4 is 14.9 Å². The largest absolute Gasteiger partial charge is 0.463 e. The van der Waals surface area contributed by atoms with Crippen molar-refractivity contribution in [2.45, 2.75) is 19.9 Å². The number of nitrogens with zero attached hydrogens (tertiary/aromatic N) is 2. The molecule has 4 rings (SSSR count). The van der Waals surface area contributed by atoms with E-state index in [4.69, 9.17) is 4.74 Å². The quantitative estimate of drug-likeness (QED) is 0.608. The van der Waals surface area contributed by atoms with Gasteiger partial charge in [-0.05, 0) is 31.6 Å². The van der Waals surface area contributed by atoms with Gasteiger partial charge in [-0.1, -0.05) is 59.9 Å². The number of benzene rings is 2. The van der Waals surface area contributed by atoms with Crippen LogP contribution >= 0.6 is 11.3 Å². The van der Waals surface area contributed by atoms with Crippen LogP contribution in [0.2, 0.25) is 0 Å². The molecule has 0 unspecified atom stereocenters. The lowest BCUT2D eigenvalue weighted by Crippen LogP contribution is -2.40. The monoisotopic (exact) mass is 422 g/mol. The number of fused-ring (bicyclic) bond motifs is 1. The average molecular weight is 422 g/mol. The Bertz CT molecular complexity index is 1320. The van der Waals surface area contributed by atoms with Crippen molar-refractivity contribution in [1.82, 2.24) is 4.57 Å². The minimum absolute atomic E-state index is 0.165. The third-order valence-corrected chi connectivity index (χ3v) is 5.80. The first kappa shape index (κ1) is 20.0. The number of hydrogen-bond acceptors (Lipinski definition) is 5. The fourth-order valence-corrected chi connectivity index (χ4v) is 4.53. The van der Waals surface area contributed by atoms with Gasteiger partial charge in [0, 0.05) is 5.56 Å². The molecule has 1 atom stereocenters. The van der Waals surface area contributed by atoms with Gasteiger partial charge in [0.15, 0.2) is 4.80 Å². The molecular formula is C23H19FN2O3S. The molecule has 0 radical (unpaired) electrons. The van der Waals surface area contributed by atoms with Crippen LogP contribution in [0, 0.1) is 5.82 Å². The summed E-state index contributed by atoms with van der Waals surface area (Å²) < 4.78 is 21.8. The summed E-state index contributed by atoms with van der Waals surface area (Å²) in [4.78, 5) is 31.0. The minimum atomic E-state index is -0.945. The van der Waals surface area contributed by atoms with E-state index in [1.54, 1.807) is 38.1 Å². The number of rotatable bonds is 4. The van der Waals surface area contributed by atoms with Gasteiger partial charge in [0.1, 0.15) is 11.9 Å². The SMILES string of the molecule is CCOC(=O)C1=C(C)N=c2s/c(=C\c3ccccc3)c(=O)n2[C@H]1c1ccccc1F. The van der Waals surface area contributed by atoms with Crippen LogP contribution in [0.4, 0.5) is 4.39 Å². The van der Waals surface area contributed by atoms with Crippen LogP contribution in [0.15, 0.2) is 75.7 Å². The van der Waals surface area contributed by atoms with Gasteiger partial charge in [0.05, 0.1) is 22.4 Å². The molecule has 2 aromatic carbocycles. The number of esters is 1. The normalized spacial score (nSPS) is 16.2. The zero-order valence-electron chi connectivity index (χ0n) is 16.5. The number of halogens is 1. The second kappa shape index (κ2) is 8.20. The third-order valence-electron chi connectivity index (χ3n) is 4.81. The van der Waals surface area contributed by atoms with Crippen LogP contribution in [-0.2, 0) is 9.53 Å². The summed E-state index contributed by atoms with van der Waals surface area (Å²) in [5, 5.41) is 0. The van der Waals surface area contributed by atoms with Gasteiger partial charge >= 0.3 is 5.97 Å². The third kappa shape index (κ3) is 3.52. The van der Waals surface area contributed by atoms with Crippen molar-refractivity contribution < 1.29 is 13.9 Å². The topological polar surface area (TPSA) is 60.7 Å². The van der Waals surface area contributed by atoms with Crippen LogP contribution in [0.1, 0.15) is 31.0 Å². The molecule has 1 aromatic heterocycles. The zero-order valence-corrected chi connectivity index (χ0v) is 17.3. The standard InChI is InChI=1S/C23H19FN2O3S/c1-3-29-22(28)19-14(2)25-23-26(20(19)16-11-7-8-12-17(16)24)21(27)18(30-23)13-15-9-5-4-6-10-15/h4-13,20H,3H2,1-2H3/b18-13-/t20-/m0/s1. The summed E-state index contributed by atoms with van der Waals surface area (Å²) in [5.74, 6) is -1.11. The fraction of sp³-hybridized carbons (Fsp3) is 0.174. The summed E-state index contributed by atoms with van der Waals surface area (Å²) >= 11 is 1.21. The van der Waals surface area contributed by atoms with Gasteiger partial charge < -0.3 is 4.74 Å². The lowest BCUT2D eigenvalue weighted by molar-refractivity contribution is -0.139. The van der Waals surface area contributed by atoms with Crippen molar-refractivity contribution in [3.8, 4) is 0 Å². The first-order valence-electron chi connectivity index (χ1n) is 9.50. The maximum absolute atomic E-state index is 14.8. The van der Waals surface area contributed by atoms with E-state index in [1.807, 2.05) is 30.3 Å². The van der Waals surface area contributed by atoms with Gasteiger partial charge in [-0.25, -0.2) is 14.2 Å². The Kier molecular flexibility index (Phi) is 5.46. The molecule has 0 fully saturated rings. The Morgan fingerprint density at radius 3 is 2.60 bits per heavy atom. The van der Waals surface area contributed by atoms with E-state index >= 15 is 0 Å². The van der Waals surface area contributed by atoms with E-state index in [1.165, 1.54) is 22.0 Å². The van der Waals surface area contributed by atoms with Crippen LogP contribution in [0.25, 0.3) is 6.08 Å². The zero-order chi connectivity index (χ0) is 21.3. The van der Waals surface area contributed by atoms with Gasteiger partial charge in [-0.3, -0.25) is 9.36 Å². The van der Waals surface area contributed by atoms with Gasteiger partial charge in [0.25, 0.3) is 5.56 Å². The van der Waals surface area contributed by atoms with Crippen molar-refractivity contribution in [2.24, 2.45) is 4.99 Å². The number of carbonyl (C=O) groups is 1. The summed E-state index contributed by atoms with van der Waals surface area (Å²) in [6, 6.07) is 14.6. The molecule has 5 nitrogen and oxygen atoms in total. The molecule has 0 amide bonds. The van der Waals surface area contributed by atoms with E-state index in [-0.39, 0.29) is 23.3 Å². The highest BCUT2D eigenvalue weighted by Crippen LogP contribution is 2.32. The summed E-state index contributed by atoms with van der Waals surface area (Å²) in [7, 11) is 0. The van der Waals surface area contributed by atoms with E-state index < -0.39 is 17.8 Å². The molecule has 0 aliphatic carbocycles. The first-order chi connectivity index (χ1) is 14.5. The maximum Gasteiger partial charge on any atom is 0.338 e. The molecule has 152 valence electrons. The molecule has 0 bridgehead atoms. The number of thiazole rings is 1. The van der Waals surface area contributed by atoms with Crippen molar-refractivity contribution in [3.63, 3.8) is 0 Å². The van der Waals surface area contributed by atoms with Crippen molar-refractivity contribution in [1.29, 1.82) is 0 Å². The van der Waals surface area contributed by atoms with Gasteiger partial charge in [0.2, 0.25) is 0 Å². The fourth-order valence-electron chi connectivity index (χ4n) is 3.48. The molecule has 1 aliphatic rings. The molecule has 1 aliphatic heterocycles. The molecule has 2 heterocycles. The lowest BCUT2D eigenvalue weighted by atomic mass is 9.95. The maximum atomic E-state index is 14.8. The van der Waals surface area contributed by atoms with E-state index in [2.05, 4.69) is 4.99 Å². The van der Waals surface area contributed by atoms with E-state index in [9.17, 15) is 14.0 Å². The molecule has 0 saturated heterocycles. The molecule has 7 heteroatoms. The predicted molar refractivity (Wildman–Crippen MR) is 113 cm³/mol. The number of ether oxygens (including phenoxy) is 1. The Hall–Kier alpha value is -3.32.